The Balaban J connectivity index is 1.88. The van der Waals surface area contributed by atoms with Crippen LogP contribution in [0.3, 0.4) is 0 Å². The van der Waals surface area contributed by atoms with Crippen molar-refractivity contribution in [2.45, 2.75) is 44.4 Å². The van der Waals surface area contributed by atoms with Crippen molar-refractivity contribution >= 4 is 0 Å². The maximum Gasteiger partial charge on any atom is 0.250 e. The fraction of sp³-hybridized carbons (Fsp3) is 1.00. The highest BCUT2D eigenvalue weighted by Crippen LogP contribution is 2.42. The summed E-state index contributed by atoms with van der Waals surface area (Å²) in [6.45, 7) is 1.97. The van der Waals surface area contributed by atoms with Crippen LogP contribution in [0.5, 0.6) is 0 Å². The minimum atomic E-state index is -2.37. The van der Waals surface area contributed by atoms with Gasteiger partial charge in [-0.2, -0.15) is 0 Å². The minimum Gasteiger partial charge on any atom is -0.316 e. The molecule has 1 saturated heterocycles. The first-order valence-electron chi connectivity index (χ1n) is 5.77. The second-order valence-corrected chi connectivity index (χ2v) is 4.80. The van der Waals surface area contributed by atoms with Crippen molar-refractivity contribution < 1.29 is 8.78 Å². The van der Waals surface area contributed by atoms with E-state index >= 15 is 0 Å². The average Bonchev–Trinajstić information content (AvgIpc) is 2.61. The summed E-state index contributed by atoms with van der Waals surface area (Å²) in [6.07, 6.45) is 4.40. The highest BCUT2D eigenvalue weighted by Gasteiger charge is 2.42. The first-order chi connectivity index (χ1) is 6.68. The highest BCUT2D eigenvalue weighted by atomic mass is 19.3. The molecule has 2 rings (SSSR count). The molecule has 1 nitrogen and oxygen atoms in total. The third-order valence-electron chi connectivity index (χ3n) is 3.69. The van der Waals surface area contributed by atoms with Crippen LogP contribution in [-0.2, 0) is 0 Å². The van der Waals surface area contributed by atoms with Crippen LogP contribution in [-0.4, -0.2) is 19.0 Å². The third kappa shape index (κ3) is 2.25. The molecule has 2 unspecified atom stereocenters. The van der Waals surface area contributed by atoms with Gasteiger partial charge in [-0.05, 0) is 44.7 Å². The van der Waals surface area contributed by atoms with Crippen LogP contribution in [0.2, 0.25) is 0 Å². The van der Waals surface area contributed by atoms with E-state index in [9.17, 15) is 8.78 Å². The summed E-state index contributed by atoms with van der Waals surface area (Å²) in [6, 6.07) is 0. The minimum absolute atomic E-state index is 0.123. The fourth-order valence-electron chi connectivity index (χ4n) is 2.77. The number of alkyl halides is 2. The van der Waals surface area contributed by atoms with Crippen molar-refractivity contribution in [2.75, 3.05) is 13.1 Å². The molecule has 0 aromatic rings. The van der Waals surface area contributed by atoms with Crippen LogP contribution >= 0.6 is 0 Å². The largest absolute Gasteiger partial charge is 0.316 e. The Labute approximate surface area is 84.3 Å². The second kappa shape index (κ2) is 4.13. The highest BCUT2D eigenvalue weighted by molar-refractivity contribution is 4.85. The van der Waals surface area contributed by atoms with Gasteiger partial charge >= 0.3 is 0 Å². The molecule has 0 aromatic carbocycles. The van der Waals surface area contributed by atoms with Crippen LogP contribution in [0.1, 0.15) is 38.5 Å². The molecule has 0 amide bonds. The van der Waals surface area contributed by atoms with Gasteiger partial charge in [0.15, 0.2) is 0 Å². The Morgan fingerprint density at radius 1 is 1.21 bits per heavy atom. The number of rotatable bonds is 2. The first kappa shape index (κ1) is 10.3. The Morgan fingerprint density at radius 3 is 2.71 bits per heavy atom. The van der Waals surface area contributed by atoms with Gasteiger partial charge in [0.05, 0.1) is 0 Å². The van der Waals surface area contributed by atoms with E-state index in [0.717, 1.165) is 38.8 Å². The van der Waals surface area contributed by atoms with Gasteiger partial charge in [-0.3, -0.25) is 0 Å². The smallest absolute Gasteiger partial charge is 0.250 e. The maximum atomic E-state index is 13.5. The number of halogens is 2. The monoisotopic (exact) mass is 203 g/mol. The predicted molar refractivity (Wildman–Crippen MR) is 52.5 cm³/mol. The topological polar surface area (TPSA) is 12.0 Å². The van der Waals surface area contributed by atoms with E-state index in [1.54, 1.807) is 0 Å². The van der Waals surface area contributed by atoms with E-state index in [-0.39, 0.29) is 12.3 Å². The molecular formula is C11H19F2N. The van der Waals surface area contributed by atoms with Crippen molar-refractivity contribution in [1.29, 1.82) is 0 Å². The zero-order chi connectivity index (χ0) is 10.0. The van der Waals surface area contributed by atoms with Gasteiger partial charge in [0, 0.05) is 12.3 Å². The van der Waals surface area contributed by atoms with E-state index in [0.29, 0.717) is 12.3 Å². The molecule has 3 heteroatoms. The molecule has 1 heterocycles. The van der Waals surface area contributed by atoms with Gasteiger partial charge in [-0.1, -0.05) is 6.42 Å². The SMILES string of the molecule is FC1(F)CCCCC1CC1CCNC1. The second-order valence-electron chi connectivity index (χ2n) is 4.80. The molecule has 2 aliphatic rings. The van der Waals surface area contributed by atoms with Gasteiger partial charge in [-0.15, -0.1) is 0 Å². The molecule has 0 aromatic heterocycles. The van der Waals surface area contributed by atoms with Gasteiger partial charge in [0.25, 0.3) is 5.92 Å². The van der Waals surface area contributed by atoms with Gasteiger partial charge in [0.2, 0.25) is 0 Å². The molecule has 82 valence electrons. The standard InChI is InChI=1S/C11H19F2N/c12-11(13)5-2-1-3-10(11)7-9-4-6-14-8-9/h9-10,14H,1-8H2. The van der Waals surface area contributed by atoms with Crippen molar-refractivity contribution in [3.63, 3.8) is 0 Å². The summed E-state index contributed by atoms with van der Waals surface area (Å²) in [5.74, 6) is -2.20. The van der Waals surface area contributed by atoms with Crippen molar-refractivity contribution in [3.05, 3.63) is 0 Å². The summed E-state index contributed by atoms with van der Waals surface area (Å²) in [4.78, 5) is 0. The van der Waals surface area contributed by atoms with Crippen LogP contribution in [0.25, 0.3) is 0 Å². The lowest BCUT2D eigenvalue weighted by atomic mass is 9.79. The lowest BCUT2D eigenvalue weighted by Crippen LogP contribution is -2.33. The van der Waals surface area contributed by atoms with E-state index in [2.05, 4.69) is 5.32 Å². The van der Waals surface area contributed by atoms with Crippen LogP contribution in [0.4, 0.5) is 8.78 Å². The fourth-order valence-corrected chi connectivity index (χ4v) is 2.77. The Morgan fingerprint density at radius 2 is 2.07 bits per heavy atom. The molecule has 1 aliphatic heterocycles. The van der Waals surface area contributed by atoms with E-state index in [4.69, 9.17) is 0 Å². The molecule has 0 bridgehead atoms. The summed E-state index contributed by atoms with van der Waals surface area (Å²) < 4.78 is 27.0. The average molecular weight is 203 g/mol. The number of hydrogen-bond acceptors (Lipinski definition) is 1. The molecule has 1 aliphatic carbocycles. The van der Waals surface area contributed by atoms with Crippen LogP contribution in [0.15, 0.2) is 0 Å². The van der Waals surface area contributed by atoms with Gasteiger partial charge in [0.1, 0.15) is 0 Å². The number of hydrogen-bond donors (Lipinski definition) is 1. The Kier molecular flexibility index (Phi) is 3.05. The normalized spacial score (nSPS) is 37.3. The van der Waals surface area contributed by atoms with Crippen LogP contribution in [0, 0.1) is 11.8 Å². The Hall–Kier alpha value is -0.180. The first-order valence-corrected chi connectivity index (χ1v) is 5.77. The summed E-state index contributed by atoms with van der Waals surface area (Å²) in [5, 5.41) is 3.24. The predicted octanol–water partition coefficient (Wildman–Crippen LogP) is 2.81. The quantitative estimate of drug-likeness (QED) is 0.727. The maximum absolute atomic E-state index is 13.5. The van der Waals surface area contributed by atoms with Crippen molar-refractivity contribution in [2.24, 2.45) is 11.8 Å². The molecule has 1 N–H and O–H groups in total. The summed E-state index contributed by atoms with van der Waals surface area (Å²) in [5.41, 5.74) is 0. The number of nitrogens with one attached hydrogen (secondary N) is 1. The zero-order valence-electron chi connectivity index (χ0n) is 8.57. The molecule has 2 fully saturated rings. The molecular weight excluding hydrogens is 184 g/mol. The van der Waals surface area contributed by atoms with E-state index < -0.39 is 5.92 Å². The molecule has 0 spiro atoms. The van der Waals surface area contributed by atoms with Crippen molar-refractivity contribution in [1.82, 2.24) is 5.32 Å². The molecule has 2 atom stereocenters. The van der Waals surface area contributed by atoms with Crippen molar-refractivity contribution in [3.8, 4) is 0 Å². The molecule has 0 radical (unpaired) electrons. The third-order valence-corrected chi connectivity index (χ3v) is 3.69. The summed E-state index contributed by atoms with van der Waals surface area (Å²) in [7, 11) is 0. The van der Waals surface area contributed by atoms with E-state index in [1.165, 1.54) is 0 Å². The zero-order valence-corrected chi connectivity index (χ0v) is 8.57. The van der Waals surface area contributed by atoms with E-state index in [1.807, 2.05) is 0 Å². The lowest BCUT2D eigenvalue weighted by Gasteiger charge is -2.32. The Bertz CT molecular complexity index is 188. The lowest BCUT2D eigenvalue weighted by molar-refractivity contribution is -0.0922. The van der Waals surface area contributed by atoms with Crippen LogP contribution < -0.4 is 5.32 Å². The molecule has 1 saturated carbocycles. The molecule has 14 heavy (non-hydrogen) atoms. The van der Waals surface area contributed by atoms with Gasteiger partial charge in [-0.25, -0.2) is 8.78 Å². The van der Waals surface area contributed by atoms with Gasteiger partial charge < -0.3 is 5.32 Å². The summed E-state index contributed by atoms with van der Waals surface area (Å²) >= 11 is 0.